The quantitative estimate of drug-likeness (QED) is 0.435. The monoisotopic (exact) mass is 542 g/mol. The summed E-state index contributed by atoms with van der Waals surface area (Å²) < 4.78 is 6.77. The Labute approximate surface area is 197 Å². The second-order valence-corrected chi connectivity index (χ2v) is 9.07. The zero-order chi connectivity index (χ0) is 22.1. The summed E-state index contributed by atoms with van der Waals surface area (Å²) in [6.07, 6.45) is 0.490. The van der Waals surface area contributed by atoms with Crippen LogP contribution in [0.5, 0.6) is 5.75 Å². The fourth-order valence-corrected chi connectivity index (χ4v) is 3.47. The topological polar surface area (TPSA) is 58.6 Å². The highest BCUT2D eigenvalue weighted by atomic mass is 127. The van der Waals surface area contributed by atoms with Gasteiger partial charge in [0.1, 0.15) is 11.8 Å². The van der Waals surface area contributed by atoms with Gasteiger partial charge < -0.3 is 15.0 Å². The number of benzene rings is 2. The Morgan fingerprint density at radius 2 is 1.80 bits per heavy atom. The second kappa shape index (κ2) is 12.2. The molecule has 162 valence electrons. The van der Waals surface area contributed by atoms with E-state index in [0.717, 1.165) is 9.13 Å². The highest BCUT2D eigenvalue weighted by molar-refractivity contribution is 14.1. The van der Waals surface area contributed by atoms with E-state index < -0.39 is 6.04 Å². The first-order valence-electron chi connectivity index (χ1n) is 10.0. The number of ether oxygens (including phenoxy) is 1. The van der Waals surface area contributed by atoms with Gasteiger partial charge in [-0.2, -0.15) is 0 Å². The molecule has 0 saturated carbocycles. The van der Waals surface area contributed by atoms with Crippen molar-refractivity contribution in [3.63, 3.8) is 0 Å². The average Bonchev–Trinajstić information content (AvgIpc) is 2.72. The lowest BCUT2D eigenvalue weighted by molar-refractivity contribution is -0.143. The normalized spacial score (nSPS) is 11.8. The van der Waals surface area contributed by atoms with E-state index >= 15 is 0 Å². The van der Waals surface area contributed by atoms with Gasteiger partial charge in [-0.15, -0.1) is 0 Å². The molecule has 0 radical (unpaired) electrons. The number of nitrogens with one attached hydrogen (secondary N) is 1. The number of carbonyl (C=O) groups excluding carboxylic acids is 2. The predicted octanol–water partition coefficient (Wildman–Crippen LogP) is 4.90. The van der Waals surface area contributed by atoms with E-state index in [1.54, 1.807) is 11.0 Å². The van der Waals surface area contributed by atoms with Crippen LogP contribution in [0.1, 0.15) is 32.8 Å². The van der Waals surface area contributed by atoms with E-state index in [9.17, 15) is 9.59 Å². The zero-order valence-electron chi connectivity index (χ0n) is 17.5. The van der Waals surface area contributed by atoms with Crippen LogP contribution in [0.2, 0.25) is 5.02 Å². The molecule has 5 nitrogen and oxygen atoms in total. The summed E-state index contributed by atoms with van der Waals surface area (Å²) in [6.45, 7) is 6.60. The first-order valence-corrected chi connectivity index (χ1v) is 11.5. The third-order valence-corrected chi connectivity index (χ3v) is 5.63. The first kappa shape index (κ1) is 24.5. The van der Waals surface area contributed by atoms with Crippen LogP contribution in [0.3, 0.4) is 0 Å². The lowest BCUT2D eigenvalue weighted by Crippen LogP contribution is -2.50. The molecule has 2 aromatic carbocycles. The zero-order valence-corrected chi connectivity index (χ0v) is 20.4. The highest BCUT2D eigenvalue weighted by Crippen LogP contribution is 2.20. The van der Waals surface area contributed by atoms with Gasteiger partial charge in [-0.1, -0.05) is 50.6 Å². The van der Waals surface area contributed by atoms with Crippen LogP contribution in [-0.2, 0) is 16.1 Å². The van der Waals surface area contributed by atoms with Gasteiger partial charge in [-0.25, -0.2) is 0 Å². The van der Waals surface area contributed by atoms with Gasteiger partial charge >= 0.3 is 0 Å². The molecule has 0 aliphatic heterocycles. The molecule has 2 rings (SSSR count). The van der Waals surface area contributed by atoms with Crippen molar-refractivity contribution in [2.45, 2.75) is 39.8 Å². The molecule has 0 fully saturated rings. The molecule has 0 heterocycles. The molecular weight excluding hydrogens is 515 g/mol. The molecule has 0 saturated heterocycles. The van der Waals surface area contributed by atoms with E-state index in [4.69, 9.17) is 16.3 Å². The predicted molar refractivity (Wildman–Crippen MR) is 129 cm³/mol. The Balaban J connectivity index is 2.19. The van der Waals surface area contributed by atoms with E-state index in [2.05, 4.69) is 27.9 Å². The third-order valence-electron chi connectivity index (χ3n) is 4.54. The number of rotatable bonds is 10. The third kappa shape index (κ3) is 7.47. The molecule has 30 heavy (non-hydrogen) atoms. The van der Waals surface area contributed by atoms with E-state index in [-0.39, 0.29) is 25.0 Å². The second-order valence-electron chi connectivity index (χ2n) is 7.42. The molecule has 0 spiro atoms. The lowest BCUT2D eigenvalue weighted by atomic mass is 10.1. The smallest absolute Gasteiger partial charge is 0.261 e. The van der Waals surface area contributed by atoms with Gasteiger partial charge in [0.2, 0.25) is 5.91 Å². The maximum absolute atomic E-state index is 13.1. The van der Waals surface area contributed by atoms with Gasteiger partial charge in [0.25, 0.3) is 5.91 Å². The minimum Gasteiger partial charge on any atom is -0.484 e. The average molecular weight is 543 g/mol. The van der Waals surface area contributed by atoms with Gasteiger partial charge in [0.05, 0.1) is 0 Å². The maximum Gasteiger partial charge on any atom is 0.261 e. The molecular formula is C23H28ClIN2O3. The summed E-state index contributed by atoms with van der Waals surface area (Å²) in [5.41, 5.74) is 0.789. The van der Waals surface area contributed by atoms with Gasteiger partial charge in [-0.3, -0.25) is 9.59 Å². The molecule has 1 N–H and O–H groups in total. The van der Waals surface area contributed by atoms with Crippen LogP contribution in [0.15, 0.2) is 48.5 Å². The molecule has 0 aliphatic carbocycles. The SMILES string of the molecule is CC[C@@H](C(=O)NCC(C)C)N(Cc1ccccc1Cl)C(=O)COc1ccc(I)cc1. The minimum absolute atomic E-state index is 0.154. The van der Waals surface area contributed by atoms with E-state index in [1.807, 2.05) is 63.2 Å². The number of nitrogens with zero attached hydrogens (tertiary/aromatic N) is 1. The highest BCUT2D eigenvalue weighted by Gasteiger charge is 2.29. The van der Waals surface area contributed by atoms with Crippen molar-refractivity contribution in [2.24, 2.45) is 5.92 Å². The number of carbonyl (C=O) groups is 2. The molecule has 0 unspecified atom stereocenters. The Kier molecular flexibility index (Phi) is 9.91. The molecule has 2 aromatic rings. The summed E-state index contributed by atoms with van der Waals surface area (Å²) >= 11 is 8.53. The molecule has 2 amide bonds. The van der Waals surface area contributed by atoms with Crippen molar-refractivity contribution in [1.82, 2.24) is 10.2 Å². The summed E-state index contributed by atoms with van der Waals surface area (Å²) in [4.78, 5) is 27.5. The fraction of sp³-hybridized carbons (Fsp3) is 0.391. The van der Waals surface area contributed by atoms with Gasteiger partial charge in [0, 0.05) is 21.7 Å². The molecule has 0 bridgehead atoms. The maximum atomic E-state index is 13.1. The molecule has 1 atom stereocenters. The molecule has 7 heteroatoms. The van der Waals surface area contributed by atoms with Crippen LogP contribution in [0, 0.1) is 9.49 Å². The molecule has 0 aromatic heterocycles. The van der Waals surface area contributed by atoms with Crippen LogP contribution in [0.25, 0.3) is 0 Å². The van der Waals surface area contributed by atoms with Crippen molar-refractivity contribution in [3.8, 4) is 5.75 Å². The summed E-state index contributed by atoms with van der Waals surface area (Å²) in [6, 6.07) is 14.2. The minimum atomic E-state index is -0.604. The van der Waals surface area contributed by atoms with Crippen LogP contribution >= 0.6 is 34.2 Å². The largest absolute Gasteiger partial charge is 0.484 e. The van der Waals surface area contributed by atoms with Crippen molar-refractivity contribution >= 4 is 46.0 Å². The van der Waals surface area contributed by atoms with Crippen LogP contribution in [-0.4, -0.2) is 35.9 Å². The van der Waals surface area contributed by atoms with E-state index in [0.29, 0.717) is 29.7 Å². The Hall–Kier alpha value is -1.80. The summed E-state index contributed by atoms with van der Waals surface area (Å²) in [7, 11) is 0. The first-order chi connectivity index (χ1) is 14.3. The summed E-state index contributed by atoms with van der Waals surface area (Å²) in [5.74, 6) is 0.503. The fourth-order valence-electron chi connectivity index (χ4n) is 2.91. The van der Waals surface area contributed by atoms with Crippen molar-refractivity contribution in [2.75, 3.05) is 13.2 Å². The van der Waals surface area contributed by atoms with Crippen LogP contribution < -0.4 is 10.1 Å². The van der Waals surface area contributed by atoms with E-state index in [1.165, 1.54) is 0 Å². The summed E-state index contributed by atoms with van der Waals surface area (Å²) in [5, 5.41) is 3.50. The Bertz CT molecular complexity index is 843. The number of hydrogen-bond donors (Lipinski definition) is 1. The Morgan fingerprint density at radius 3 is 2.40 bits per heavy atom. The van der Waals surface area contributed by atoms with Gasteiger partial charge in [0.15, 0.2) is 6.61 Å². The number of hydrogen-bond acceptors (Lipinski definition) is 3. The Morgan fingerprint density at radius 1 is 1.13 bits per heavy atom. The standard InChI is InChI=1S/C23H28ClIN2O3/c1-4-21(23(29)26-13-16(2)3)27(14-17-7-5-6-8-20(17)24)22(28)15-30-19-11-9-18(25)10-12-19/h5-12,16,21H,4,13-15H2,1-3H3,(H,26,29)/t21-/m0/s1. The number of halogens is 2. The molecule has 0 aliphatic rings. The van der Waals surface area contributed by atoms with Crippen molar-refractivity contribution < 1.29 is 14.3 Å². The van der Waals surface area contributed by atoms with Crippen molar-refractivity contribution in [3.05, 3.63) is 62.7 Å². The van der Waals surface area contributed by atoms with Crippen molar-refractivity contribution in [1.29, 1.82) is 0 Å². The number of amides is 2. The lowest BCUT2D eigenvalue weighted by Gasteiger charge is -2.31. The van der Waals surface area contributed by atoms with Gasteiger partial charge in [-0.05, 0) is 70.8 Å². The van der Waals surface area contributed by atoms with Crippen LogP contribution in [0.4, 0.5) is 0 Å².